The van der Waals surface area contributed by atoms with Gasteiger partial charge in [0.1, 0.15) is 5.52 Å². The van der Waals surface area contributed by atoms with Gasteiger partial charge in [0, 0.05) is 0 Å². The summed E-state index contributed by atoms with van der Waals surface area (Å²) in [5.74, 6) is -0.489. The third kappa shape index (κ3) is 2.08. The highest BCUT2D eigenvalue weighted by molar-refractivity contribution is 7.98. The molecule has 0 aliphatic carbocycles. The maximum Gasteiger partial charge on any atom is 0.256 e. The molecule has 0 saturated carbocycles. The summed E-state index contributed by atoms with van der Waals surface area (Å²) < 4.78 is 5.35. The van der Waals surface area contributed by atoms with Crippen LogP contribution < -0.4 is 5.73 Å². The van der Waals surface area contributed by atoms with Crippen LogP contribution in [-0.2, 0) is 0 Å². The van der Waals surface area contributed by atoms with E-state index in [0.717, 1.165) is 0 Å². The monoisotopic (exact) mass is 244 g/mol. The van der Waals surface area contributed by atoms with E-state index in [1.807, 2.05) is 6.26 Å². The van der Waals surface area contributed by atoms with E-state index in [2.05, 4.69) is 4.98 Å². The highest BCUT2D eigenvalue weighted by Gasteiger charge is 2.11. The number of aromatic nitrogens is 1. The van der Waals surface area contributed by atoms with E-state index >= 15 is 0 Å². The first-order valence-corrected chi connectivity index (χ1v) is 5.18. The quantitative estimate of drug-likeness (QED) is 0.821. The molecule has 1 heterocycles. The third-order valence-corrected chi connectivity index (χ3v) is 2.36. The lowest BCUT2D eigenvalue weighted by Crippen LogP contribution is -2.11. The molecule has 80 valence electrons. The molecule has 4 nitrogen and oxygen atoms in total. The van der Waals surface area contributed by atoms with E-state index in [1.54, 1.807) is 18.2 Å². The number of benzene rings is 1. The average molecular weight is 245 g/mol. The van der Waals surface area contributed by atoms with Gasteiger partial charge in [0.15, 0.2) is 5.58 Å². The average Bonchev–Trinajstić information content (AvgIpc) is 2.59. The molecule has 2 rings (SSSR count). The number of hydrogen-bond acceptors (Lipinski definition) is 4. The molecule has 0 radical (unpaired) electrons. The minimum atomic E-state index is -0.489. The molecular formula is C9H9ClN2O2S. The first-order chi connectivity index (χ1) is 6.72. The zero-order valence-corrected chi connectivity index (χ0v) is 9.52. The second-order valence-electron chi connectivity index (χ2n) is 2.70. The van der Waals surface area contributed by atoms with Gasteiger partial charge in [-0.1, -0.05) is 17.8 Å². The molecule has 0 aliphatic rings. The van der Waals surface area contributed by atoms with Crippen molar-refractivity contribution in [3.8, 4) is 0 Å². The number of primary amides is 1. The van der Waals surface area contributed by atoms with Crippen LogP contribution >= 0.6 is 24.2 Å². The summed E-state index contributed by atoms with van der Waals surface area (Å²) in [6.45, 7) is 0. The van der Waals surface area contributed by atoms with Crippen LogP contribution in [0.3, 0.4) is 0 Å². The van der Waals surface area contributed by atoms with Crippen LogP contribution in [0.1, 0.15) is 10.4 Å². The van der Waals surface area contributed by atoms with Gasteiger partial charge in [0.2, 0.25) is 0 Å². The minimum Gasteiger partial charge on any atom is -0.431 e. The Labute approximate surface area is 96.6 Å². The molecule has 6 heteroatoms. The van der Waals surface area contributed by atoms with Gasteiger partial charge < -0.3 is 10.2 Å². The van der Waals surface area contributed by atoms with Gasteiger partial charge in [0.05, 0.1) is 5.56 Å². The van der Waals surface area contributed by atoms with E-state index in [0.29, 0.717) is 21.9 Å². The van der Waals surface area contributed by atoms with Crippen molar-refractivity contribution in [2.24, 2.45) is 5.73 Å². The maximum atomic E-state index is 11.0. The first kappa shape index (κ1) is 11.9. The van der Waals surface area contributed by atoms with Gasteiger partial charge in [-0.3, -0.25) is 4.79 Å². The standard InChI is InChI=1S/C9H8N2O2S.ClH/c1-14-9-11-7-5(8(10)12)3-2-4-6(7)13-9;/h2-4H,1H3,(H2,10,12);1H. The number of oxazole rings is 1. The topological polar surface area (TPSA) is 69.1 Å². The molecule has 0 fully saturated rings. The molecule has 2 N–H and O–H groups in total. The number of halogens is 1. The molecule has 1 aromatic carbocycles. The largest absolute Gasteiger partial charge is 0.431 e. The van der Waals surface area contributed by atoms with Gasteiger partial charge in [-0.05, 0) is 18.4 Å². The van der Waals surface area contributed by atoms with Crippen LogP contribution in [0.15, 0.2) is 27.8 Å². The molecule has 1 aromatic heterocycles. The Kier molecular flexibility index (Phi) is 3.60. The number of thioether (sulfide) groups is 1. The summed E-state index contributed by atoms with van der Waals surface area (Å²) in [5.41, 5.74) is 6.72. The van der Waals surface area contributed by atoms with E-state index in [-0.39, 0.29) is 12.4 Å². The molecule has 0 aliphatic heterocycles. The summed E-state index contributed by atoms with van der Waals surface area (Å²) in [7, 11) is 0. The Morgan fingerprint density at radius 1 is 1.53 bits per heavy atom. The number of carbonyl (C=O) groups is 1. The van der Waals surface area contributed by atoms with Crippen molar-refractivity contribution in [2.75, 3.05) is 6.26 Å². The summed E-state index contributed by atoms with van der Waals surface area (Å²) in [5, 5.41) is 0.536. The lowest BCUT2D eigenvalue weighted by atomic mass is 10.2. The summed E-state index contributed by atoms with van der Waals surface area (Å²) >= 11 is 1.39. The fourth-order valence-electron chi connectivity index (χ4n) is 1.21. The Morgan fingerprint density at radius 3 is 2.87 bits per heavy atom. The number of carbonyl (C=O) groups excluding carboxylic acids is 1. The predicted molar refractivity (Wildman–Crippen MR) is 61.6 cm³/mol. The molecule has 0 saturated heterocycles. The van der Waals surface area contributed by atoms with Crippen LogP contribution in [-0.4, -0.2) is 17.1 Å². The highest BCUT2D eigenvalue weighted by atomic mass is 35.5. The van der Waals surface area contributed by atoms with Gasteiger partial charge in [-0.2, -0.15) is 0 Å². The van der Waals surface area contributed by atoms with Crippen molar-refractivity contribution in [3.63, 3.8) is 0 Å². The second kappa shape index (κ2) is 4.55. The van der Waals surface area contributed by atoms with Crippen LogP contribution in [0.2, 0.25) is 0 Å². The second-order valence-corrected chi connectivity index (χ2v) is 3.46. The SMILES string of the molecule is CSc1nc2c(C(N)=O)cccc2o1.Cl. The van der Waals surface area contributed by atoms with Crippen molar-refractivity contribution >= 4 is 41.2 Å². The van der Waals surface area contributed by atoms with Crippen LogP contribution in [0, 0.1) is 0 Å². The zero-order valence-electron chi connectivity index (χ0n) is 7.89. The Morgan fingerprint density at radius 2 is 2.27 bits per heavy atom. The van der Waals surface area contributed by atoms with E-state index < -0.39 is 5.91 Å². The summed E-state index contributed by atoms with van der Waals surface area (Å²) in [6, 6.07) is 5.11. The number of para-hydroxylation sites is 1. The van der Waals surface area contributed by atoms with E-state index in [4.69, 9.17) is 10.2 Å². The number of nitrogens with two attached hydrogens (primary N) is 1. The van der Waals surface area contributed by atoms with Gasteiger partial charge in [0.25, 0.3) is 11.1 Å². The number of hydrogen-bond donors (Lipinski definition) is 1. The van der Waals surface area contributed by atoms with Gasteiger partial charge in [-0.25, -0.2) is 4.98 Å². The Hall–Kier alpha value is -1.20. The number of amides is 1. The molecule has 0 spiro atoms. The summed E-state index contributed by atoms with van der Waals surface area (Å²) in [6.07, 6.45) is 1.86. The maximum absolute atomic E-state index is 11.0. The number of nitrogens with zero attached hydrogens (tertiary/aromatic N) is 1. The normalized spacial score (nSPS) is 9.93. The van der Waals surface area contributed by atoms with Crippen molar-refractivity contribution < 1.29 is 9.21 Å². The molecule has 1 amide bonds. The molecule has 0 atom stereocenters. The number of rotatable bonds is 2. The minimum absolute atomic E-state index is 0. The first-order valence-electron chi connectivity index (χ1n) is 3.95. The van der Waals surface area contributed by atoms with E-state index in [1.165, 1.54) is 11.8 Å². The molecule has 0 unspecified atom stereocenters. The van der Waals surface area contributed by atoms with Crippen LogP contribution in [0.5, 0.6) is 0 Å². The highest BCUT2D eigenvalue weighted by Crippen LogP contribution is 2.23. The lowest BCUT2D eigenvalue weighted by molar-refractivity contribution is 0.100. The molecule has 15 heavy (non-hydrogen) atoms. The van der Waals surface area contributed by atoms with Gasteiger partial charge >= 0.3 is 0 Å². The number of fused-ring (bicyclic) bond motifs is 1. The van der Waals surface area contributed by atoms with Crippen LogP contribution in [0.4, 0.5) is 0 Å². The van der Waals surface area contributed by atoms with Gasteiger partial charge in [-0.15, -0.1) is 12.4 Å². The molecule has 0 bridgehead atoms. The van der Waals surface area contributed by atoms with Crippen molar-refractivity contribution in [1.29, 1.82) is 0 Å². The van der Waals surface area contributed by atoms with Crippen molar-refractivity contribution in [2.45, 2.75) is 5.22 Å². The smallest absolute Gasteiger partial charge is 0.256 e. The lowest BCUT2D eigenvalue weighted by Gasteiger charge is -1.93. The predicted octanol–water partition coefficient (Wildman–Crippen LogP) is 2.07. The Bertz CT molecular complexity index is 498. The fourth-order valence-corrected chi connectivity index (χ4v) is 1.57. The zero-order chi connectivity index (χ0) is 10.1. The van der Waals surface area contributed by atoms with E-state index in [9.17, 15) is 4.79 Å². The Balaban J connectivity index is 0.00000112. The third-order valence-electron chi connectivity index (χ3n) is 1.84. The fraction of sp³-hybridized carbons (Fsp3) is 0.111. The van der Waals surface area contributed by atoms with Crippen LogP contribution in [0.25, 0.3) is 11.1 Å². The van der Waals surface area contributed by atoms with Crippen molar-refractivity contribution in [3.05, 3.63) is 23.8 Å². The van der Waals surface area contributed by atoms with Crippen molar-refractivity contribution in [1.82, 2.24) is 4.98 Å². The molecule has 2 aromatic rings. The summed E-state index contributed by atoms with van der Waals surface area (Å²) in [4.78, 5) is 15.2. The molecular weight excluding hydrogens is 236 g/mol.